The molecule has 1 saturated heterocycles. The number of nitrogens with one attached hydrogen (secondary N) is 1. The Morgan fingerprint density at radius 1 is 1.00 bits per heavy atom. The fourth-order valence-electron chi connectivity index (χ4n) is 3.38. The zero-order valence-corrected chi connectivity index (χ0v) is 18.7. The number of nitrogen functional groups attached to an aromatic ring is 1. The van der Waals surface area contributed by atoms with E-state index in [0.29, 0.717) is 11.4 Å². The number of aliphatic hydroxyl groups excluding tert-OH is 3. The molecule has 0 spiro atoms. The lowest BCUT2D eigenvalue weighted by Crippen LogP contribution is -2.61. The number of nitrogens with zero attached hydrogens (tertiary/aromatic N) is 2. The molecule has 13 nitrogen and oxygen atoms in total. The van der Waals surface area contributed by atoms with E-state index in [2.05, 4.69) is 9.82 Å². The average molecular weight is 506 g/mol. The second-order valence-electron chi connectivity index (χ2n) is 7.65. The fourth-order valence-corrected chi connectivity index (χ4v) is 4.42. The van der Waals surface area contributed by atoms with Crippen molar-refractivity contribution in [3.05, 3.63) is 60.8 Å². The molecular formula is C21H22N4O9S. The van der Waals surface area contributed by atoms with Crippen molar-refractivity contribution >= 4 is 27.5 Å². The van der Waals surface area contributed by atoms with E-state index in [1.807, 2.05) is 0 Å². The average Bonchev–Trinajstić information content (AvgIpc) is 3.27. The summed E-state index contributed by atoms with van der Waals surface area (Å²) in [4.78, 5) is 11.2. The molecule has 7 N–H and O–H groups in total. The Hall–Kier alpha value is -3.69. The van der Waals surface area contributed by atoms with Crippen molar-refractivity contribution in [2.75, 3.05) is 10.5 Å². The first-order valence-electron chi connectivity index (χ1n) is 10.2. The lowest BCUT2D eigenvalue weighted by molar-refractivity contribution is -0.271. The zero-order chi connectivity index (χ0) is 25.3. The van der Waals surface area contributed by atoms with Crippen molar-refractivity contribution in [3.8, 4) is 11.4 Å². The van der Waals surface area contributed by atoms with Gasteiger partial charge < -0.3 is 35.6 Å². The molecule has 0 bridgehead atoms. The van der Waals surface area contributed by atoms with E-state index >= 15 is 0 Å². The molecule has 5 atom stereocenters. The van der Waals surface area contributed by atoms with E-state index < -0.39 is 46.7 Å². The molecule has 4 rings (SSSR count). The van der Waals surface area contributed by atoms with Gasteiger partial charge in [-0.2, -0.15) is 5.10 Å². The van der Waals surface area contributed by atoms with Crippen LogP contribution in [0.5, 0.6) is 5.75 Å². The number of hydrogen-bond donors (Lipinski definition) is 6. The van der Waals surface area contributed by atoms with Gasteiger partial charge in [-0.25, -0.2) is 17.9 Å². The van der Waals surface area contributed by atoms with Gasteiger partial charge in [0.1, 0.15) is 29.9 Å². The van der Waals surface area contributed by atoms with E-state index in [4.69, 9.17) is 20.3 Å². The Labute approximate surface area is 199 Å². The molecule has 14 heteroatoms. The minimum atomic E-state index is -3.91. The Bertz CT molecular complexity index is 1300. The summed E-state index contributed by atoms with van der Waals surface area (Å²) in [6, 6.07) is 13.1. The highest BCUT2D eigenvalue weighted by Crippen LogP contribution is 2.26. The molecule has 3 aromatic rings. The second-order valence-corrected chi connectivity index (χ2v) is 9.33. The Morgan fingerprint density at radius 3 is 2.29 bits per heavy atom. The normalized spacial score (nSPS) is 24.6. The quantitative estimate of drug-likeness (QED) is 0.226. The molecule has 0 saturated carbocycles. The Balaban J connectivity index is 1.50. The van der Waals surface area contributed by atoms with Gasteiger partial charge in [-0.05, 0) is 48.5 Å². The fraction of sp³-hybridized carbons (Fsp3) is 0.238. The highest BCUT2D eigenvalue weighted by atomic mass is 32.2. The maximum Gasteiger partial charge on any atom is 0.335 e. The van der Waals surface area contributed by atoms with Crippen LogP contribution >= 0.6 is 0 Å². The first kappa shape index (κ1) is 24.4. The van der Waals surface area contributed by atoms with E-state index in [0.717, 1.165) is 0 Å². The number of aliphatic carboxylic acids is 1. The van der Waals surface area contributed by atoms with Crippen LogP contribution in [0.1, 0.15) is 0 Å². The third-order valence-corrected chi connectivity index (χ3v) is 6.59. The standard InChI is InChI=1S/C21H22N4O9S/c22-11-1-7-14(8-2-11)35(31,32)24-15-9-10-23-25(15)12-3-5-13(6-4-12)33-21-18(28)16(26)17(27)19(34-21)20(29)30/h1-10,16-19,21,24,26-28H,22H2,(H,29,30)/t16-,17-,18+,19-,21?/m0/s1. The lowest BCUT2D eigenvalue weighted by atomic mass is 9.99. The van der Waals surface area contributed by atoms with Crippen molar-refractivity contribution in [2.24, 2.45) is 0 Å². The third-order valence-electron chi connectivity index (χ3n) is 5.22. The maximum absolute atomic E-state index is 12.7. The minimum Gasteiger partial charge on any atom is -0.479 e. The van der Waals surface area contributed by atoms with Crippen molar-refractivity contribution in [1.29, 1.82) is 0 Å². The Morgan fingerprint density at radius 2 is 1.66 bits per heavy atom. The summed E-state index contributed by atoms with van der Waals surface area (Å²) >= 11 is 0. The van der Waals surface area contributed by atoms with Gasteiger partial charge in [-0.15, -0.1) is 0 Å². The minimum absolute atomic E-state index is 0.0150. The molecular weight excluding hydrogens is 484 g/mol. The number of benzene rings is 2. The summed E-state index contributed by atoms with van der Waals surface area (Å²) in [6.45, 7) is 0. The van der Waals surface area contributed by atoms with E-state index in [1.54, 1.807) is 0 Å². The number of aromatic nitrogens is 2. The van der Waals surface area contributed by atoms with Crippen LogP contribution < -0.4 is 15.2 Å². The predicted molar refractivity (Wildman–Crippen MR) is 120 cm³/mol. The first-order chi connectivity index (χ1) is 16.6. The Kier molecular flexibility index (Phi) is 6.64. The van der Waals surface area contributed by atoms with E-state index in [1.165, 1.54) is 65.5 Å². The molecule has 0 radical (unpaired) electrons. The van der Waals surface area contributed by atoms with Gasteiger partial charge in [-0.3, -0.25) is 4.72 Å². The molecule has 1 aromatic heterocycles. The number of nitrogens with two attached hydrogens (primary N) is 1. The molecule has 186 valence electrons. The predicted octanol–water partition coefficient (Wildman–Crippen LogP) is -0.474. The summed E-state index contributed by atoms with van der Waals surface area (Å²) < 4.78 is 39.7. The molecule has 1 unspecified atom stereocenters. The van der Waals surface area contributed by atoms with Crippen molar-refractivity contribution in [3.63, 3.8) is 0 Å². The molecule has 1 aliphatic rings. The first-order valence-corrected chi connectivity index (χ1v) is 11.7. The van der Waals surface area contributed by atoms with Crippen LogP contribution in [0.2, 0.25) is 0 Å². The number of aliphatic hydroxyl groups is 3. The van der Waals surface area contributed by atoms with Crippen LogP contribution in [-0.4, -0.2) is 75.3 Å². The molecule has 0 aliphatic carbocycles. The summed E-state index contributed by atoms with van der Waals surface area (Å²) in [5.41, 5.74) is 6.48. The van der Waals surface area contributed by atoms with Crippen LogP contribution in [0.4, 0.5) is 11.5 Å². The summed E-state index contributed by atoms with van der Waals surface area (Å²) in [5, 5.41) is 43.0. The van der Waals surface area contributed by atoms with Crippen LogP contribution in [0.15, 0.2) is 65.7 Å². The number of ether oxygens (including phenoxy) is 2. The largest absolute Gasteiger partial charge is 0.479 e. The van der Waals surface area contributed by atoms with Gasteiger partial charge >= 0.3 is 5.97 Å². The van der Waals surface area contributed by atoms with Crippen molar-refractivity contribution in [2.45, 2.75) is 35.6 Å². The number of carboxylic acids is 1. The SMILES string of the molecule is Nc1ccc(S(=O)(=O)Nc2ccnn2-c2ccc(OC3O[C@H](C(=O)O)[C@@H](O)[C@H](O)[C@H]3O)cc2)cc1. The second kappa shape index (κ2) is 9.52. The number of carbonyl (C=O) groups is 1. The molecule has 35 heavy (non-hydrogen) atoms. The van der Waals surface area contributed by atoms with E-state index in [-0.39, 0.29) is 16.5 Å². The highest BCUT2D eigenvalue weighted by molar-refractivity contribution is 7.92. The molecule has 2 heterocycles. The number of rotatable bonds is 7. The lowest BCUT2D eigenvalue weighted by Gasteiger charge is -2.38. The van der Waals surface area contributed by atoms with Gasteiger partial charge in [0.2, 0.25) is 6.29 Å². The van der Waals surface area contributed by atoms with E-state index in [9.17, 15) is 28.5 Å². The van der Waals surface area contributed by atoms with Gasteiger partial charge in [-0.1, -0.05) is 0 Å². The van der Waals surface area contributed by atoms with Crippen molar-refractivity contribution < 1.29 is 43.1 Å². The third kappa shape index (κ3) is 5.06. The highest BCUT2D eigenvalue weighted by Gasteiger charge is 2.48. The van der Waals surface area contributed by atoms with Crippen LogP contribution in [-0.2, 0) is 19.6 Å². The number of anilines is 2. The smallest absolute Gasteiger partial charge is 0.335 e. The van der Waals surface area contributed by atoms with Gasteiger partial charge in [0.15, 0.2) is 6.10 Å². The maximum atomic E-state index is 12.7. The monoisotopic (exact) mass is 506 g/mol. The van der Waals surface area contributed by atoms with Crippen LogP contribution in [0.3, 0.4) is 0 Å². The number of hydrogen-bond acceptors (Lipinski definition) is 10. The number of sulfonamides is 1. The molecule has 2 aromatic carbocycles. The molecule has 1 aliphatic heterocycles. The van der Waals surface area contributed by atoms with Crippen molar-refractivity contribution in [1.82, 2.24) is 9.78 Å². The van der Waals surface area contributed by atoms with Gasteiger partial charge in [0.25, 0.3) is 10.0 Å². The van der Waals surface area contributed by atoms with Crippen LogP contribution in [0, 0.1) is 0 Å². The van der Waals surface area contributed by atoms with Gasteiger partial charge in [0, 0.05) is 11.8 Å². The topological polar surface area (TPSA) is 206 Å². The van der Waals surface area contributed by atoms with Gasteiger partial charge in [0.05, 0.1) is 16.8 Å². The summed E-state index contributed by atoms with van der Waals surface area (Å²) in [5.74, 6) is -1.23. The summed E-state index contributed by atoms with van der Waals surface area (Å²) in [6.07, 6.45) is -7.29. The number of carboxylic acid groups (broad SMARTS) is 1. The molecule has 1 fully saturated rings. The summed E-state index contributed by atoms with van der Waals surface area (Å²) in [7, 11) is -3.91. The van der Waals surface area contributed by atoms with Crippen LogP contribution in [0.25, 0.3) is 5.69 Å². The zero-order valence-electron chi connectivity index (χ0n) is 17.9. The molecule has 0 amide bonds.